The number of ether oxygens (including phenoxy) is 1. The Morgan fingerprint density at radius 3 is 2.54 bits per heavy atom. The van der Waals surface area contributed by atoms with Gasteiger partial charge in [0, 0.05) is 23.9 Å². The van der Waals surface area contributed by atoms with Crippen molar-refractivity contribution in [3.8, 4) is 22.0 Å². The summed E-state index contributed by atoms with van der Waals surface area (Å²) in [6.07, 6.45) is 1.97. The fraction of sp³-hybridized carbons (Fsp3) is 0.0909. The highest BCUT2D eigenvalue weighted by atomic mass is 32.1. The average molecular weight is 389 g/mol. The molecule has 1 amide bonds. The first-order valence-corrected chi connectivity index (χ1v) is 9.72. The van der Waals surface area contributed by atoms with Gasteiger partial charge >= 0.3 is 0 Å². The molecular formula is C22H19N3O2S. The minimum absolute atomic E-state index is 0.132. The second-order valence-corrected chi connectivity index (χ2v) is 7.12. The van der Waals surface area contributed by atoms with Crippen LogP contribution in [-0.2, 0) is 6.54 Å². The highest BCUT2D eigenvalue weighted by Crippen LogP contribution is 2.27. The predicted octanol–water partition coefficient (Wildman–Crippen LogP) is 4.54. The molecule has 140 valence electrons. The molecule has 2 aromatic heterocycles. The quantitative estimate of drug-likeness (QED) is 0.527. The molecule has 0 saturated carbocycles. The summed E-state index contributed by atoms with van der Waals surface area (Å²) < 4.78 is 6.99. The second kappa shape index (κ2) is 8.10. The molecule has 4 rings (SSSR count). The molecular weight excluding hydrogens is 370 g/mol. The molecule has 28 heavy (non-hydrogen) atoms. The molecule has 0 unspecified atom stereocenters. The van der Waals surface area contributed by atoms with Crippen LogP contribution in [0.25, 0.3) is 16.3 Å². The van der Waals surface area contributed by atoms with Crippen LogP contribution in [0, 0.1) is 0 Å². The highest BCUT2D eigenvalue weighted by molar-refractivity contribution is 7.13. The molecule has 0 bridgehead atoms. The van der Waals surface area contributed by atoms with Crippen LogP contribution >= 0.6 is 11.3 Å². The smallest absolute Gasteiger partial charge is 0.251 e. The summed E-state index contributed by atoms with van der Waals surface area (Å²) in [7, 11) is 1.60. The summed E-state index contributed by atoms with van der Waals surface area (Å²) in [4.78, 5) is 13.6. The summed E-state index contributed by atoms with van der Waals surface area (Å²) in [5, 5.41) is 9.77. The zero-order chi connectivity index (χ0) is 19.3. The van der Waals surface area contributed by atoms with E-state index < -0.39 is 0 Å². The Bertz CT molecular complexity index is 1060. The number of aromatic nitrogens is 2. The van der Waals surface area contributed by atoms with Gasteiger partial charge in [-0.3, -0.25) is 4.79 Å². The number of amides is 1. The number of nitrogens with one attached hydrogen (secondary N) is 1. The van der Waals surface area contributed by atoms with Gasteiger partial charge < -0.3 is 10.1 Å². The van der Waals surface area contributed by atoms with E-state index in [-0.39, 0.29) is 5.91 Å². The van der Waals surface area contributed by atoms with E-state index >= 15 is 0 Å². The van der Waals surface area contributed by atoms with E-state index in [2.05, 4.69) is 5.32 Å². The summed E-state index contributed by atoms with van der Waals surface area (Å²) >= 11 is 1.63. The minimum atomic E-state index is -0.132. The first-order valence-electron chi connectivity index (χ1n) is 8.84. The van der Waals surface area contributed by atoms with Crippen LogP contribution in [0.2, 0.25) is 0 Å². The summed E-state index contributed by atoms with van der Waals surface area (Å²) in [6.45, 7) is 0.394. The molecule has 2 aromatic carbocycles. The van der Waals surface area contributed by atoms with Crippen molar-refractivity contribution in [2.75, 3.05) is 7.11 Å². The van der Waals surface area contributed by atoms with Crippen LogP contribution in [0.1, 0.15) is 15.9 Å². The first kappa shape index (κ1) is 18.0. The van der Waals surface area contributed by atoms with Crippen molar-refractivity contribution in [3.63, 3.8) is 0 Å². The largest absolute Gasteiger partial charge is 0.497 e. The fourth-order valence-corrected chi connectivity index (χ4v) is 3.64. The SMILES string of the molecule is COc1ccc(C(=O)NCc2cn(-c3ccccc3)nc2-c2cccs2)cc1. The van der Waals surface area contributed by atoms with Gasteiger partial charge in [0.25, 0.3) is 5.91 Å². The predicted molar refractivity (Wildman–Crippen MR) is 111 cm³/mol. The van der Waals surface area contributed by atoms with Crippen molar-refractivity contribution in [3.05, 3.63) is 89.4 Å². The number of methoxy groups -OCH3 is 1. The molecule has 0 aliphatic rings. The first-order chi connectivity index (χ1) is 13.7. The molecule has 0 aliphatic heterocycles. The lowest BCUT2D eigenvalue weighted by molar-refractivity contribution is 0.0951. The molecule has 0 aliphatic carbocycles. The number of hydrogen-bond donors (Lipinski definition) is 1. The third-order valence-corrected chi connectivity index (χ3v) is 5.23. The van der Waals surface area contributed by atoms with Crippen LogP contribution in [-0.4, -0.2) is 22.8 Å². The molecule has 4 aromatic rings. The van der Waals surface area contributed by atoms with Gasteiger partial charge in [0.1, 0.15) is 11.4 Å². The van der Waals surface area contributed by atoms with Crippen molar-refractivity contribution < 1.29 is 9.53 Å². The summed E-state index contributed by atoms with van der Waals surface area (Å²) in [5.74, 6) is 0.591. The minimum Gasteiger partial charge on any atom is -0.497 e. The Morgan fingerprint density at radius 2 is 1.86 bits per heavy atom. The van der Waals surface area contributed by atoms with Gasteiger partial charge in [0.05, 0.1) is 17.7 Å². The van der Waals surface area contributed by atoms with Gasteiger partial charge in [0.2, 0.25) is 0 Å². The summed E-state index contributed by atoms with van der Waals surface area (Å²) in [6, 6.07) is 21.0. The van der Waals surface area contributed by atoms with E-state index in [9.17, 15) is 4.79 Å². The van der Waals surface area contributed by atoms with Crippen molar-refractivity contribution in [2.24, 2.45) is 0 Å². The topological polar surface area (TPSA) is 56.1 Å². The number of hydrogen-bond acceptors (Lipinski definition) is 4. The van der Waals surface area contributed by atoms with Crippen molar-refractivity contribution in [1.29, 1.82) is 0 Å². The maximum absolute atomic E-state index is 12.5. The number of benzene rings is 2. The Morgan fingerprint density at radius 1 is 1.07 bits per heavy atom. The van der Waals surface area contributed by atoms with Gasteiger partial charge in [0.15, 0.2) is 0 Å². The number of para-hydroxylation sites is 1. The van der Waals surface area contributed by atoms with Crippen molar-refractivity contribution in [1.82, 2.24) is 15.1 Å². The van der Waals surface area contributed by atoms with E-state index in [4.69, 9.17) is 9.84 Å². The van der Waals surface area contributed by atoms with E-state index in [1.807, 2.05) is 58.7 Å². The molecule has 0 spiro atoms. The van der Waals surface area contributed by atoms with Crippen molar-refractivity contribution >= 4 is 17.2 Å². The average Bonchev–Trinajstić information content (AvgIpc) is 3.42. The normalized spacial score (nSPS) is 10.6. The number of thiophene rings is 1. The Balaban J connectivity index is 1.57. The summed E-state index contributed by atoms with van der Waals surface area (Å²) in [5.41, 5.74) is 3.42. The maximum Gasteiger partial charge on any atom is 0.251 e. The van der Waals surface area contributed by atoms with Crippen LogP contribution in [0.3, 0.4) is 0 Å². The van der Waals surface area contributed by atoms with E-state index in [0.29, 0.717) is 12.1 Å². The maximum atomic E-state index is 12.5. The Kier molecular flexibility index (Phi) is 5.21. The molecule has 0 saturated heterocycles. The Labute approximate surface area is 167 Å². The fourth-order valence-electron chi connectivity index (χ4n) is 2.89. The third kappa shape index (κ3) is 3.82. The van der Waals surface area contributed by atoms with Crippen LogP contribution in [0.4, 0.5) is 0 Å². The van der Waals surface area contributed by atoms with E-state index in [1.165, 1.54) is 0 Å². The third-order valence-electron chi connectivity index (χ3n) is 4.36. The molecule has 2 heterocycles. The molecule has 1 N–H and O–H groups in total. The number of carbonyl (C=O) groups excluding carboxylic acids is 1. The van der Waals surface area contributed by atoms with Gasteiger partial charge in [-0.1, -0.05) is 24.3 Å². The standard InChI is InChI=1S/C22H19N3O2S/c1-27-19-11-9-16(10-12-19)22(26)23-14-17-15-25(18-6-3-2-4-7-18)24-21(17)20-8-5-13-28-20/h2-13,15H,14H2,1H3,(H,23,26). The lowest BCUT2D eigenvalue weighted by atomic mass is 10.2. The van der Waals surface area contributed by atoms with E-state index in [0.717, 1.165) is 27.6 Å². The molecule has 5 nitrogen and oxygen atoms in total. The molecule has 6 heteroatoms. The van der Waals surface area contributed by atoms with Crippen molar-refractivity contribution in [2.45, 2.75) is 6.54 Å². The molecule has 0 fully saturated rings. The van der Waals surface area contributed by atoms with E-state index in [1.54, 1.807) is 42.7 Å². The highest BCUT2D eigenvalue weighted by Gasteiger charge is 2.14. The lowest BCUT2D eigenvalue weighted by Crippen LogP contribution is -2.22. The van der Waals surface area contributed by atoms with Gasteiger partial charge in [-0.15, -0.1) is 11.3 Å². The van der Waals surface area contributed by atoms with Gasteiger partial charge in [-0.05, 0) is 47.8 Å². The van der Waals surface area contributed by atoms with Gasteiger partial charge in [-0.2, -0.15) is 5.10 Å². The molecule has 0 radical (unpaired) electrons. The number of nitrogens with zero attached hydrogens (tertiary/aromatic N) is 2. The van der Waals surface area contributed by atoms with Crippen LogP contribution < -0.4 is 10.1 Å². The second-order valence-electron chi connectivity index (χ2n) is 6.17. The monoisotopic (exact) mass is 389 g/mol. The molecule has 0 atom stereocenters. The Hall–Kier alpha value is -3.38. The zero-order valence-corrected chi connectivity index (χ0v) is 16.1. The number of carbonyl (C=O) groups is 1. The van der Waals surface area contributed by atoms with Crippen LogP contribution in [0.5, 0.6) is 5.75 Å². The number of rotatable bonds is 6. The van der Waals surface area contributed by atoms with Gasteiger partial charge in [-0.25, -0.2) is 4.68 Å². The zero-order valence-electron chi connectivity index (χ0n) is 15.3. The van der Waals surface area contributed by atoms with Crippen LogP contribution in [0.15, 0.2) is 78.3 Å². The lowest BCUT2D eigenvalue weighted by Gasteiger charge is -2.06.